The first kappa shape index (κ1) is 15.3. The fraction of sp³-hybridized carbons (Fsp3) is 0.562. The Kier molecular flexibility index (Phi) is 4.12. The molecule has 1 saturated heterocycles. The lowest BCUT2D eigenvalue weighted by Gasteiger charge is -2.28. The van der Waals surface area contributed by atoms with Gasteiger partial charge < -0.3 is 9.42 Å². The maximum Gasteiger partial charge on any atom is 0.225 e. The van der Waals surface area contributed by atoms with Crippen molar-refractivity contribution in [1.29, 1.82) is 0 Å². The molecule has 0 radical (unpaired) electrons. The van der Waals surface area contributed by atoms with Gasteiger partial charge in [0.2, 0.25) is 5.95 Å². The summed E-state index contributed by atoms with van der Waals surface area (Å²) >= 11 is 1.99. The average Bonchev–Trinajstić information content (AvgIpc) is 2.93. The van der Waals surface area contributed by atoms with Crippen LogP contribution in [0.15, 0.2) is 16.8 Å². The summed E-state index contributed by atoms with van der Waals surface area (Å²) in [6, 6.07) is 1.94. The Labute approximate surface area is 135 Å². The lowest BCUT2D eigenvalue weighted by Crippen LogP contribution is -2.34. The highest BCUT2D eigenvalue weighted by Gasteiger charge is 2.25. The van der Waals surface area contributed by atoms with Gasteiger partial charge >= 0.3 is 0 Å². The van der Waals surface area contributed by atoms with Crippen molar-refractivity contribution in [3.63, 3.8) is 0 Å². The molecule has 0 aromatic carbocycles. The molecular weight excluding hydrogens is 296 g/mol. The second kappa shape index (κ2) is 5.91. The van der Waals surface area contributed by atoms with E-state index in [0.29, 0.717) is 0 Å². The standard InChI is InChI=1S/C16H22N4OS/c1-11-9-13(21-19-11)12-10-17-15(18-14(12)16(2,3)4)20-5-7-22-8-6-20/h9-10H,5-8H2,1-4H3. The number of thioether (sulfide) groups is 1. The molecule has 0 bridgehead atoms. The normalized spacial score (nSPS) is 16.1. The molecule has 2 aromatic rings. The van der Waals surface area contributed by atoms with E-state index in [2.05, 4.69) is 35.8 Å². The van der Waals surface area contributed by atoms with Crippen LogP contribution in [0.4, 0.5) is 5.95 Å². The van der Waals surface area contributed by atoms with Gasteiger partial charge in [0.05, 0.1) is 17.0 Å². The van der Waals surface area contributed by atoms with Crippen LogP contribution in [-0.2, 0) is 5.41 Å². The molecular formula is C16H22N4OS. The van der Waals surface area contributed by atoms with Gasteiger partial charge in [-0.15, -0.1) is 0 Å². The SMILES string of the molecule is Cc1cc(-c2cnc(N3CCSCC3)nc2C(C)(C)C)on1. The fourth-order valence-electron chi connectivity index (χ4n) is 2.53. The molecule has 1 aliphatic rings. The number of aryl methyl sites for hydroxylation is 1. The highest BCUT2D eigenvalue weighted by molar-refractivity contribution is 7.99. The number of nitrogens with zero attached hydrogens (tertiary/aromatic N) is 4. The molecule has 0 aliphatic carbocycles. The van der Waals surface area contributed by atoms with Crippen molar-refractivity contribution in [3.8, 4) is 11.3 Å². The number of hydrogen-bond acceptors (Lipinski definition) is 6. The minimum atomic E-state index is -0.0851. The Hall–Kier alpha value is -1.56. The molecule has 6 heteroatoms. The molecule has 3 heterocycles. The summed E-state index contributed by atoms with van der Waals surface area (Å²) < 4.78 is 5.42. The molecule has 0 unspecified atom stereocenters. The Morgan fingerprint density at radius 3 is 2.55 bits per heavy atom. The van der Waals surface area contributed by atoms with E-state index in [0.717, 1.165) is 53.3 Å². The van der Waals surface area contributed by atoms with E-state index < -0.39 is 0 Å². The zero-order chi connectivity index (χ0) is 15.7. The molecule has 2 aromatic heterocycles. The maximum absolute atomic E-state index is 5.42. The first-order valence-electron chi connectivity index (χ1n) is 7.59. The molecule has 1 fully saturated rings. The molecule has 0 saturated carbocycles. The second-order valence-corrected chi connectivity index (χ2v) is 7.84. The van der Waals surface area contributed by atoms with E-state index in [1.54, 1.807) is 0 Å². The first-order chi connectivity index (χ1) is 10.4. The van der Waals surface area contributed by atoms with Gasteiger partial charge in [0.25, 0.3) is 0 Å². The third-order valence-corrected chi connectivity index (χ3v) is 4.62. The second-order valence-electron chi connectivity index (χ2n) is 6.61. The number of rotatable bonds is 2. The zero-order valence-corrected chi connectivity index (χ0v) is 14.4. The molecule has 5 nitrogen and oxygen atoms in total. The Morgan fingerprint density at radius 1 is 1.23 bits per heavy atom. The zero-order valence-electron chi connectivity index (χ0n) is 13.6. The molecule has 0 amide bonds. The largest absolute Gasteiger partial charge is 0.356 e. The van der Waals surface area contributed by atoms with Crippen molar-refractivity contribution in [3.05, 3.63) is 23.7 Å². The van der Waals surface area contributed by atoms with Crippen LogP contribution in [0, 0.1) is 6.92 Å². The van der Waals surface area contributed by atoms with Crippen molar-refractivity contribution in [2.24, 2.45) is 0 Å². The van der Waals surface area contributed by atoms with Crippen LogP contribution in [0.2, 0.25) is 0 Å². The van der Waals surface area contributed by atoms with Crippen molar-refractivity contribution in [1.82, 2.24) is 15.1 Å². The summed E-state index contributed by atoms with van der Waals surface area (Å²) in [5, 5.41) is 3.98. The smallest absolute Gasteiger partial charge is 0.225 e. The van der Waals surface area contributed by atoms with Gasteiger partial charge in [-0.1, -0.05) is 25.9 Å². The Balaban J connectivity index is 2.03. The summed E-state index contributed by atoms with van der Waals surface area (Å²) in [4.78, 5) is 11.7. The molecule has 22 heavy (non-hydrogen) atoms. The lowest BCUT2D eigenvalue weighted by molar-refractivity contribution is 0.425. The number of aromatic nitrogens is 3. The van der Waals surface area contributed by atoms with Gasteiger partial charge in [0, 0.05) is 42.3 Å². The number of hydrogen-bond donors (Lipinski definition) is 0. The van der Waals surface area contributed by atoms with Crippen LogP contribution in [0.1, 0.15) is 32.2 Å². The van der Waals surface area contributed by atoms with Gasteiger partial charge in [0.1, 0.15) is 0 Å². The first-order valence-corrected chi connectivity index (χ1v) is 8.74. The van der Waals surface area contributed by atoms with Crippen molar-refractivity contribution in [2.45, 2.75) is 33.1 Å². The molecule has 1 aliphatic heterocycles. The van der Waals surface area contributed by atoms with Crippen LogP contribution >= 0.6 is 11.8 Å². The van der Waals surface area contributed by atoms with E-state index in [1.165, 1.54) is 0 Å². The van der Waals surface area contributed by atoms with Crippen molar-refractivity contribution >= 4 is 17.7 Å². The quantitative estimate of drug-likeness (QED) is 0.847. The van der Waals surface area contributed by atoms with Gasteiger partial charge in [-0.2, -0.15) is 11.8 Å². The highest BCUT2D eigenvalue weighted by atomic mass is 32.2. The average molecular weight is 318 g/mol. The summed E-state index contributed by atoms with van der Waals surface area (Å²) in [5.74, 6) is 3.84. The minimum absolute atomic E-state index is 0.0851. The monoisotopic (exact) mass is 318 g/mol. The highest BCUT2D eigenvalue weighted by Crippen LogP contribution is 2.32. The van der Waals surface area contributed by atoms with E-state index in [4.69, 9.17) is 9.51 Å². The van der Waals surface area contributed by atoms with E-state index in [9.17, 15) is 0 Å². The van der Waals surface area contributed by atoms with E-state index >= 15 is 0 Å². The van der Waals surface area contributed by atoms with E-state index in [-0.39, 0.29) is 5.41 Å². The Morgan fingerprint density at radius 2 is 1.95 bits per heavy atom. The van der Waals surface area contributed by atoms with Crippen LogP contribution in [-0.4, -0.2) is 39.7 Å². The maximum atomic E-state index is 5.42. The number of anilines is 1. The molecule has 0 atom stereocenters. The van der Waals surface area contributed by atoms with Crippen molar-refractivity contribution in [2.75, 3.05) is 29.5 Å². The Bertz CT molecular complexity index is 656. The van der Waals surface area contributed by atoms with Gasteiger partial charge in [-0.05, 0) is 6.92 Å². The third-order valence-electron chi connectivity index (χ3n) is 3.67. The summed E-state index contributed by atoms with van der Waals surface area (Å²) in [7, 11) is 0. The summed E-state index contributed by atoms with van der Waals surface area (Å²) in [6.45, 7) is 10.4. The van der Waals surface area contributed by atoms with Gasteiger partial charge in [-0.25, -0.2) is 9.97 Å². The fourth-order valence-corrected chi connectivity index (χ4v) is 3.43. The molecule has 0 N–H and O–H groups in total. The molecule has 0 spiro atoms. The van der Waals surface area contributed by atoms with Crippen LogP contribution in [0.3, 0.4) is 0 Å². The minimum Gasteiger partial charge on any atom is -0.356 e. The summed E-state index contributed by atoms with van der Waals surface area (Å²) in [5.41, 5.74) is 2.72. The van der Waals surface area contributed by atoms with Crippen molar-refractivity contribution < 1.29 is 4.52 Å². The third kappa shape index (κ3) is 3.11. The van der Waals surface area contributed by atoms with E-state index in [1.807, 2.05) is 30.9 Å². The van der Waals surface area contributed by atoms with Gasteiger partial charge in [0.15, 0.2) is 5.76 Å². The van der Waals surface area contributed by atoms with Crippen LogP contribution in [0.25, 0.3) is 11.3 Å². The summed E-state index contributed by atoms with van der Waals surface area (Å²) in [6.07, 6.45) is 1.88. The van der Waals surface area contributed by atoms with Crippen LogP contribution < -0.4 is 4.90 Å². The molecule has 3 rings (SSSR count). The lowest BCUT2D eigenvalue weighted by atomic mass is 9.88. The topological polar surface area (TPSA) is 55.1 Å². The van der Waals surface area contributed by atoms with Gasteiger partial charge in [-0.3, -0.25) is 0 Å². The molecule has 118 valence electrons. The van der Waals surface area contributed by atoms with Crippen LogP contribution in [0.5, 0.6) is 0 Å². The predicted octanol–water partition coefficient (Wildman–Crippen LogP) is 3.29. The predicted molar refractivity (Wildman–Crippen MR) is 90.5 cm³/mol.